The Balaban J connectivity index is 1.33. The fourth-order valence-electron chi connectivity index (χ4n) is 3.35. The SMILES string of the molecule is O=C(COc1ccc(Cl)c(F)c1)NC1CCN(C[C@H](O)COc2ccc(Cl)c(F)c2)CC1. The molecule has 2 aromatic carbocycles. The zero-order chi connectivity index (χ0) is 23.1. The van der Waals surface area contributed by atoms with E-state index in [4.69, 9.17) is 32.7 Å². The molecular weight excluding hydrogens is 465 g/mol. The summed E-state index contributed by atoms with van der Waals surface area (Å²) in [6.45, 7) is 1.60. The van der Waals surface area contributed by atoms with Gasteiger partial charge in [0.25, 0.3) is 5.91 Å². The van der Waals surface area contributed by atoms with Crippen molar-refractivity contribution in [1.29, 1.82) is 0 Å². The van der Waals surface area contributed by atoms with Gasteiger partial charge in [-0.2, -0.15) is 0 Å². The predicted octanol–water partition coefficient (Wildman–Crippen LogP) is 3.67. The number of nitrogens with one attached hydrogen (secondary N) is 1. The number of β-amino-alcohol motifs (C(OH)–C–C–N with tert-alkyl or cyclic N) is 1. The Hall–Kier alpha value is -2.13. The van der Waals surface area contributed by atoms with Crippen molar-refractivity contribution in [2.75, 3.05) is 32.8 Å². The number of aliphatic hydroxyl groups is 1. The molecule has 1 atom stereocenters. The quantitative estimate of drug-likeness (QED) is 0.563. The molecule has 174 valence electrons. The summed E-state index contributed by atoms with van der Waals surface area (Å²) in [5.74, 6) is -0.939. The molecule has 1 aliphatic heterocycles. The van der Waals surface area contributed by atoms with E-state index in [0.717, 1.165) is 18.9 Å². The van der Waals surface area contributed by atoms with Crippen LogP contribution in [0.25, 0.3) is 0 Å². The number of nitrogens with zero attached hydrogens (tertiary/aromatic N) is 1. The molecule has 3 rings (SSSR count). The van der Waals surface area contributed by atoms with Gasteiger partial charge in [0.1, 0.15) is 35.8 Å². The summed E-state index contributed by atoms with van der Waals surface area (Å²) in [7, 11) is 0. The number of ether oxygens (including phenoxy) is 2. The van der Waals surface area contributed by atoms with Crippen LogP contribution in [-0.2, 0) is 4.79 Å². The van der Waals surface area contributed by atoms with Crippen LogP contribution >= 0.6 is 23.2 Å². The molecule has 0 aromatic heterocycles. The molecule has 0 aliphatic carbocycles. The summed E-state index contributed by atoms with van der Waals surface area (Å²) in [4.78, 5) is 14.2. The maximum atomic E-state index is 13.4. The summed E-state index contributed by atoms with van der Waals surface area (Å²) < 4.78 is 37.6. The minimum Gasteiger partial charge on any atom is -0.491 e. The lowest BCUT2D eigenvalue weighted by Gasteiger charge is -2.33. The molecule has 0 saturated carbocycles. The third kappa shape index (κ3) is 7.48. The maximum Gasteiger partial charge on any atom is 0.258 e. The van der Waals surface area contributed by atoms with Crippen LogP contribution in [-0.4, -0.2) is 60.9 Å². The average molecular weight is 489 g/mol. The topological polar surface area (TPSA) is 71.0 Å². The molecule has 1 saturated heterocycles. The molecule has 0 unspecified atom stereocenters. The molecule has 1 amide bonds. The molecule has 1 fully saturated rings. The number of hydrogen-bond acceptors (Lipinski definition) is 5. The van der Waals surface area contributed by atoms with Gasteiger partial charge in [0, 0.05) is 37.8 Å². The first-order valence-electron chi connectivity index (χ1n) is 10.2. The number of rotatable bonds is 9. The van der Waals surface area contributed by atoms with E-state index in [2.05, 4.69) is 10.2 Å². The van der Waals surface area contributed by atoms with Gasteiger partial charge >= 0.3 is 0 Å². The largest absolute Gasteiger partial charge is 0.491 e. The van der Waals surface area contributed by atoms with Gasteiger partial charge in [-0.3, -0.25) is 4.79 Å². The lowest BCUT2D eigenvalue weighted by Crippen LogP contribution is -2.48. The molecule has 2 aromatic rings. The predicted molar refractivity (Wildman–Crippen MR) is 117 cm³/mol. The number of benzene rings is 2. The highest BCUT2D eigenvalue weighted by molar-refractivity contribution is 6.31. The Labute approximate surface area is 195 Å². The second kappa shape index (κ2) is 11.7. The van der Waals surface area contributed by atoms with Crippen molar-refractivity contribution in [3.63, 3.8) is 0 Å². The van der Waals surface area contributed by atoms with Crippen molar-refractivity contribution in [2.45, 2.75) is 25.0 Å². The normalized spacial score (nSPS) is 15.9. The third-order valence-corrected chi connectivity index (χ3v) is 5.63. The van der Waals surface area contributed by atoms with E-state index in [9.17, 15) is 18.7 Å². The number of aliphatic hydroxyl groups excluding tert-OH is 1. The molecule has 6 nitrogen and oxygen atoms in total. The number of amides is 1. The average Bonchev–Trinajstić information content (AvgIpc) is 2.77. The standard InChI is InChI=1S/C22H24Cl2F2N2O4/c23-18-3-1-16(9-20(18)25)31-12-15(29)11-28-7-5-14(6-8-28)27-22(30)13-32-17-2-4-19(24)21(26)10-17/h1-4,9-10,14-15,29H,5-8,11-13H2,(H,27,30)/t15-/m0/s1. The summed E-state index contributed by atoms with van der Waals surface area (Å²) in [6.07, 6.45) is 0.697. The van der Waals surface area contributed by atoms with E-state index < -0.39 is 17.7 Å². The fourth-order valence-corrected chi connectivity index (χ4v) is 3.59. The van der Waals surface area contributed by atoms with Crippen molar-refractivity contribution in [3.8, 4) is 11.5 Å². The van der Waals surface area contributed by atoms with Crippen LogP contribution in [0, 0.1) is 11.6 Å². The van der Waals surface area contributed by atoms with E-state index in [1.807, 2.05) is 0 Å². The lowest BCUT2D eigenvalue weighted by atomic mass is 10.0. The highest BCUT2D eigenvalue weighted by Crippen LogP contribution is 2.21. The second-order valence-corrected chi connectivity index (χ2v) is 8.36. The third-order valence-electron chi connectivity index (χ3n) is 5.02. The highest BCUT2D eigenvalue weighted by atomic mass is 35.5. The van der Waals surface area contributed by atoms with Gasteiger partial charge in [-0.1, -0.05) is 23.2 Å². The maximum absolute atomic E-state index is 13.4. The van der Waals surface area contributed by atoms with E-state index in [1.165, 1.54) is 24.3 Å². The molecule has 0 bridgehead atoms. The highest BCUT2D eigenvalue weighted by Gasteiger charge is 2.22. The van der Waals surface area contributed by atoms with Gasteiger partial charge in [-0.15, -0.1) is 0 Å². The van der Waals surface area contributed by atoms with Crippen molar-refractivity contribution < 1.29 is 28.2 Å². The molecular formula is C22H24Cl2F2N2O4. The molecule has 0 radical (unpaired) electrons. The van der Waals surface area contributed by atoms with Crippen LogP contribution in [0.5, 0.6) is 11.5 Å². The van der Waals surface area contributed by atoms with E-state index in [-0.39, 0.29) is 41.0 Å². The number of carbonyl (C=O) groups excluding carboxylic acids is 1. The summed E-state index contributed by atoms with van der Waals surface area (Å²) >= 11 is 11.3. The summed E-state index contributed by atoms with van der Waals surface area (Å²) in [6, 6.07) is 8.11. The van der Waals surface area contributed by atoms with Crippen molar-refractivity contribution in [3.05, 3.63) is 58.1 Å². The molecule has 1 aliphatic rings. The Kier molecular flexibility index (Phi) is 8.92. The molecule has 2 N–H and O–H groups in total. The van der Waals surface area contributed by atoms with Gasteiger partial charge in [0.05, 0.1) is 10.0 Å². The molecule has 10 heteroatoms. The zero-order valence-electron chi connectivity index (χ0n) is 17.2. The Morgan fingerprint density at radius 1 is 1.06 bits per heavy atom. The van der Waals surface area contributed by atoms with Crippen molar-refractivity contribution >= 4 is 29.1 Å². The molecule has 32 heavy (non-hydrogen) atoms. The Morgan fingerprint density at radius 2 is 1.62 bits per heavy atom. The monoisotopic (exact) mass is 488 g/mol. The first-order chi connectivity index (χ1) is 15.3. The van der Waals surface area contributed by atoms with Gasteiger partial charge < -0.3 is 24.8 Å². The van der Waals surface area contributed by atoms with E-state index in [1.54, 1.807) is 6.07 Å². The fraction of sp³-hybridized carbons (Fsp3) is 0.409. The van der Waals surface area contributed by atoms with Crippen molar-refractivity contribution in [1.82, 2.24) is 10.2 Å². The Bertz CT molecular complexity index is 927. The number of hydrogen-bond donors (Lipinski definition) is 2. The number of carbonyl (C=O) groups is 1. The van der Waals surface area contributed by atoms with Gasteiger partial charge in [-0.25, -0.2) is 8.78 Å². The lowest BCUT2D eigenvalue weighted by molar-refractivity contribution is -0.124. The van der Waals surface area contributed by atoms with E-state index >= 15 is 0 Å². The Morgan fingerprint density at radius 3 is 2.19 bits per heavy atom. The van der Waals surface area contributed by atoms with Crippen LogP contribution in [0.4, 0.5) is 8.78 Å². The van der Waals surface area contributed by atoms with Crippen LogP contribution in [0.1, 0.15) is 12.8 Å². The number of halogens is 4. The number of likely N-dealkylation sites (tertiary alicyclic amines) is 1. The smallest absolute Gasteiger partial charge is 0.258 e. The summed E-state index contributed by atoms with van der Waals surface area (Å²) in [5, 5.41) is 13.1. The van der Waals surface area contributed by atoms with Crippen LogP contribution in [0.2, 0.25) is 10.0 Å². The second-order valence-electron chi connectivity index (χ2n) is 7.55. The molecule has 1 heterocycles. The minimum absolute atomic E-state index is 0.00487. The first kappa shape index (κ1) is 24.5. The van der Waals surface area contributed by atoms with Gasteiger partial charge in [-0.05, 0) is 37.1 Å². The van der Waals surface area contributed by atoms with Crippen LogP contribution < -0.4 is 14.8 Å². The minimum atomic E-state index is -0.743. The zero-order valence-corrected chi connectivity index (χ0v) is 18.7. The number of piperidine rings is 1. The van der Waals surface area contributed by atoms with Gasteiger partial charge in [0.15, 0.2) is 6.61 Å². The summed E-state index contributed by atoms with van der Waals surface area (Å²) in [5.41, 5.74) is 0. The van der Waals surface area contributed by atoms with E-state index in [0.29, 0.717) is 25.4 Å². The van der Waals surface area contributed by atoms with Gasteiger partial charge in [0.2, 0.25) is 0 Å². The van der Waals surface area contributed by atoms with Crippen LogP contribution in [0.15, 0.2) is 36.4 Å². The van der Waals surface area contributed by atoms with Crippen LogP contribution in [0.3, 0.4) is 0 Å². The molecule has 0 spiro atoms. The van der Waals surface area contributed by atoms with Crippen molar-refractivity contribution in [2.24, 2.45) is 0 Å². The first-order valence-corrected chi connectivity index (χ1v) is 10.9.